The van der Waals surface area contributed by atoms with Crippen LogP contribution in [0.1, 0.15) is 18.5 Å². The zero-order valence-corrected chi connectivity index (χ0v) is 15.5. The molecule has 0 aliphatic rings. The number of nitrogens with zero attached hydrogens (tertiary/aromatic N) is 2. The lowest BCUT2D eigenvalue weighted by molar-refractivity contribution is 0.147. The van der Waals surface area contributed by atoms with Gasteiger partial charge in [0.25, 0.3) is 6.43 Å². The molecule has 0 fully saturated rings. The van der Waals surface area contributed by atoms with Crippen LogP contribution >= 0.6 is 0 Å². The van der Waals surface area contributed by atoms with Crippen molar-refractivity contribution in [2.75, 3.05) is 20.1 Å². The molecule has 0 spiro atoms. The summed E-state index contributed by atoms with van der Waals surface area (Å²) >= 11 is 0. The quantitative estimate of drug-likeness (QED) is 0.644. The van der Waals surface area contributed by atoms with Crippen LogP contribution in [0.3, 0.4) is 0 Å². The van der Waals surface area contributed by atoms with Gasteiger partial charge in [-0.05, 0) is 48.4 Å². The molecule has 0 aliphatic carbocycles. The zero-order chi connectivity index (χ0) is 19.6. The molecule has 9 heteroatoms. The monoisotopic (exact) mass is 394 g/mol. The molecule has 27 heavy (non-hydrogen) atoms. The van der Waals surface area contributed by atoms with Crippen LogP contribution in [0.25, 0.3) is 22.2 Å². The SMILES string of the molecule is CN(CCCN)S(=O)(=O)c1ccc(-c2ccnc3[nH]c(C(F)F)cc23)cc1. The van der Waals surface area contributed by atoms with Crippen LogP contribution in [-0.4, -0.2) is 42.8 Å². The largest absolute Gasteiger partial charge is 0.338 e. The first kappa shape index (κ1) is 19.4. The number of nitrogens with one attached hydrogen (secondary N) is 1. The second kappa shape index (κ2) is 7.71. The molecule has 0 saturated carbocycles. The third-order valence-corrected chi connectivity index (χ3v) is 6.21. The Kier molecular flexibility index (Phi) is 5.54. The lowest BCUT2D eigenvalue weighted by Gasteiger charge is -2.17. The number of aromatic nitrogens is 2. The highest BCUT2D eigenvalue weighted by Crippen LogP contribution is 2.31. The minimum absolute atomic E-state index is 0.165. The molecule has 1 aromatic carbocycles. The Morgan fingerprint density at radius 2 is 1.93 bits per heavy atom. The van der Waals surface area contributed by atoms with Gasteiger partial charge in [-0.25, -0.2) is 26.5 Å². The number of H-pyrrole nitrogens is 1. The summed E-state index contributed by atoms with van der Waals surface area (Å²) in [6.07, 6.45) is -0.527. The molecule has 0 unspecified atom stereocenters. The number of halogens is 2. The summed E-state index contributed by atoms with van der Waals surface area (Å²) in [7, 11) is -2.09. The van der Waals surface area contributed by atoms with Crippen LogP contribution in [-0.2, 0) is 10.0 Å². The summed E-state index contributed by atoms with van der Waals surface area (Å²) in [5, 5.41) is 0.559. The maximum absolute atomic E-state index is 12.9. The Labute approximate surface area is 156 Å². The van der Waals surface area contributed by atoms with Crippen LogP contribution in [0.5, 0.6) is 0 Å². The van der Waals surface area contributed by atoms with E-state index in [1.807, 2.05) is 0 Å². The second-order valence-electron chi connectivity index (χ2n) is 6.14. The molecular weight excluding hydrogens is 374 g/mol. The van der Waals surface area contributed by atoms with Crippen molar-refractivity contribution in [3.05, 3.63) is 48.3 Å². The van der Waals surface area contributed by atoms with Gasteiger partial charge >= 0.3 is 0 Å². The summed E-state index contributed by atoms with van der Waals surface area (Å²) in [5.41, 5.74) is 7.00. The number of sulfonamides is 1. The van der Waals surface area contributed by atoms with Gasteiger partial charge in [0, 0.05) is 25.2 Å². The van der Waals surface area contributed by atoms with Gasteiger partial charge in [0.2, 0.25) is 10.0 Å². The van der Waals surface area contributed by atoms with Crippen molar-refractivity contribution in [3.63, 3.8) is 0 Å². The fourth-order valence-corrected chi connectivity index (χ4v) is 4.05. The van der Waals surface area contributed by atoms with Crippen molar-refractivity contribution >= 4 is 21.1 Å². The van der Waals surface area contributed by atoms with Gasteiger partial charge in [-0.3, -0.25) is 0 Å². The van der Waals surface area contributed by atoms with E-state index in [9.17, 15) is 17.2 Å². The number of pyridine rings is 1. The molecule has 0 saturated heterocycles. The number of benzene rings is 1. The summed E-state index contributed by atoms with van der Waals surface area (Å²) < 4.78 is 52.3. The van der Waals surface area contributed by atoms with E-state index in [0.29, 0.717) is 41.7 Å². The number of hydrogen-bond acceptors (Lipinski definition) is 4. The van der Waals surface area contributed by atoms with E-state index in [0.717, 1.165) is 0 Å². The molecule has 6 nitrogen and oxygen atoms in total. The summed E-state index contributed by atoms with van der Waals surface area (Å²) in [5.74, 6) is 0. The number of fused-ring (bicyclic) bond motifs is 1. The maximum Gasteiger partial charge on any atom is 0.278 e. The van der Waals surface area contributed by atoms with Crippen LogP contribution in [0.2, 0.25) is 0 Å². The first-order valence-electron chi connectivity index (χ1n) is 8.37. The van der Waals surface area contributed by atoms with E-state index in [2.05, 4.69) is 9.97 Å². The van der Waals surface area contributed by atoms with E-state index in [4.69, 9.17) is 5.73 Å². The van der Waals surface area contributed by atoms with Crippen molar-refractivity contribution in [2.45, 2.75) is 17.7 Å². The van der Waals surface area contributed by atoms with Crippen molar-refractivity contribution in [2.24, 2.45) is 5.73 Å². The molecule has 2 aromatic heterocycles. The lowest BCUT2D eigenvalue weighted by atomic mass is 10.0. The highest BCUT2D eigenvalue weighted by molar-refractivity contribution is 7.89. The first-order valence-corrected chi connectivity index (χ1v) is 9.81. The molecule has 2 heterocycles. The Balaban J connectivity index is 1.95. The third-order valence-electron chi connectivity index (χ3n) is 4.34. The average molecular weight is 394 g/mol. The minimum atomic E-state index is -3.60. The number of alkyl halides is 2. The minimum Gasteiger partial charge on any atom is -0.338 e. The van der Waals surface area contributed by atoms with Gasteiger partial charge in [-0.15, -0.1) is 0 Å². The molecule has 0 radical (unpaired) electrons. The predicted molar refractivity (Wildman–Crippen MR) is 100.0 cm³/mol. The molecule has 0 aliphatic heterocycles. The topological polar surface area (TPSA) is 92.1 Å². The molecule has 0 bridgehead atoms. The molecule has 0 atom stereocenters. The first-order chi connectivity index (χ1) is 12.8. The van der Waals surface area contributed by atoms with E-state index in [-0.39, 0.29) is 10.6 Å². The van der Waals surface area contributed by atoms with Gasteiger partial charge in [0.15, 0.2) is 0 Å². The summed E-state index contributed by atoms with van der Waals surface area (Å²) in [6.45, 7) is 0.749. The standard InChI is InChI=1S/C18H20F2N4O2S/c1-24(10-2-8-21)27(25,26)13-5-3-12(4-6-13)14-7-9-22-18-15(14)11-16(23-18)17(19)20/h3-7,9,11,17H,2,8,10,21H2,1H3,(H,22,23). The van der Waals surface area contributed by atoms with Gasteiger partial charge < -0.3 is 10.7 Å². The van der Waals surface area contributed by atoms with E-state index in [1.54, 1.807) is 18.2 Å². The smallest absolute Gasteiger partial charge is 0.278 e. The van der Waals surface area contributed by atoms with Crippen molar-refractivity contribution in [1.82, 2.24) is 14.3 Å². The van der Waals surface area contributed by atoms with Crippen molar-refractivity contribution in [3.8, 4) is 11.1 Å². The lowest BCUT2D eigenvalue weighted by Crippen LogP contribution is -2.29. The molecule has 3 N–H and O–H groups in total. The Morgan fingerprint density at radius 3 is 2.56 bits per heavy atom. The molecule has 3 rings (SSSR count). The Morgan fingerprint density at radius 1 is 1.22 bits per heavy atom. The van der Waals surface area contributed by atoms with Crippen LogP contribution < -0.4 is 5.73 Å². The van der Waals surface area contributed by atoms with Crippen molar-refractivity contribution < 1.29 is 17.2 Å². The number of hydrogen-bond donors (Lipinski definition) is 2. The average Bonchev–Trinajstić information content (AvgIpc) is 3.10. The number of nitrogens with two attached hydrogens (primary N) is 1. The van der Waals surface area contributed by atoms with Crippen LogP contribution in [0.4, 0.5) is 8.78 Å². The Hall–Kier alpha value is -2.36. The Bertz CT molecular complexity index is 1030. The van der Waals surface area contributed by atoms with Gasteiger partial charge in [0.1, 0.15) is 5.65 Å². The number of aromatic amines is 1. The maximum atomic E-state index is 12.9. The van der Waals surface area contributed by atoms with Gasteiger partial charge in [0.05, 0.1) is 10.6 Å². The highest BCUT2D eigenvalue weighted by atomic mass is 32.2. The van der Waals surface area contributed by atoms with Gasteiger partial charge in [-0.2, -0.15) is 0 Å². The second-order valence-corrected chi connectivity index (χ2v) is 8.18. The van der Waals surface area contributed by atoms with Gasteiger partial charge in [-0.1, -0.05) is 12.1 Å². The summed E-state index contributed by atoms with van der Waals surface area (Å²) in [4.78, 5) is 6.84. The highest BCUT2D eigenvalue weighted by Gasteiger charge is 2.20. The van der Waals surface area contributed by atoms with E-state index < -0.39 is 16.4 Å². The van der Waals surface area contributed by atoms with E-state index >= 15 is 0 Å². The fraction of sp³-hybridized carbons (Fsp3) is 0.278. The fourth-order valence-electron chi connectivity index (χ4n) is 2.84. The van der Waals surface area contributed by atoms with E-state index in [1.165, 1.54) is 35.7 Å². The molecule has 3 aromatic rings. The molecule has 144 valence electrons. The zero-order valence-electron chi connectivity index (χ0n) is 14.7. The predicted octanol–water partition coefficient (Wildman–Crippen LogP) is 3.14. The van der Waals surface area contributed by atoms with Crippen LogP contribution in [0, 0.1) is 0 Å². The third kappa shape index (κ3) is 3.85. The number of rotatable bonds is 7. The summed E-state index contributed by atoms with van der Waals surface area (Å²) in [6, 6.07) is 9.42. The van der Waals surface area contributed by atoms with Crippen LogP contribution in [0.15, 0.2) is 47.5 Å². The normalized spacial score (nSPS) is 12.4. The molecule has 0 amide bonds. The van der Waals surface area contributed by atoms with Crippen molar-refractivity contribution in [1.29, 1.82) is 0 Å². The molecular formula is C18H20F2N4O2S.